The molecule has 0 aliphatic rings. The molecular formula is C16H17NO3. The van der Waals surface area contributed by atoms with Crippen LogP contribution in [0, 0.1) is 13.8 Å². The summed E-state index contributed by atoms with van der Waals surface area (Å²) in [5, 5.41) is 9.30. The minimum absolute atomic E-state index is 0.124. The number of aromatic carboxylic acids is 1. The van der Waals surface area contributed by atoms with Gasteiger partial charge < -0.3 is 9.84 Å². The molecule has 0 saturated heterocycles. The Bertz CT molecular complexity index is 623. The zero-order valence-corrected chi connectivity index (χ0v) is 11.8. The third-order valence-corrected chi connectivity index (χ3v) is 3.08. The third-order valence-electron chi connectivity index (χ3n) is 3.08. The SMILES string of the molecule is Cc1cc(OC(C)c2ccccc2)c(C(=O)O)c(C)n1. The first kappa shape index (κ1) is 14.1. The molecule has 0 amide bonds. The van der Waals surface area contributed by atoms with E-state index < -0.39 is 5.97 Å². The van der Waals surface area contributed by atoms with Gasteiger partial charge in [-0.05, 0) is 26.3 Å². The smallest absolute Gasteiger partial charge is 0.341 e. The molecule has 2 aromatic rings. The van der Waals surface area contributed by atoms with Crippen molar-refractivity contribution >= 4 is 5.97 Å². The van der Waals surface area contributed by atoms with Crippen LogP contribution in [0.25, 0.3) is 0 Å². The van der Waals surface area contributed by atoms with Gasteiger partial charge in [-0.1, -0.05) is 30.3 Å². The Morgan fingerprint density at radius 1 is 1.25 bits per heavy atom. The minimum atomic E-state index is -1.02. The number of benzene rings is 1. The van der Waals surface area contributed by atoms with Crippen LogP contribution in [0.3, 0.4) is 0 Å². The summed E-state index contributed by atoms with van der Waals surface area (Å²) in [7, 11) is 0. The van der Waals surface area contributed by atoms with Crippen LogP contribution >= 0.6 is 0 Å². The number of carboxylic acid groups (broad SMARTS) is 1. The number of carboxylic acids is 1. The lowest BCUT2D eigenvalue weighted by molar-refractivity contribution is 0.0688. The molecule has 1 unspecified atom stereocenters. The fourth-order valence-electron chi connectivity index (χ4n) is 2.13. The van der Waals surface area contributed by atoms with Crippen molar-refractivity contribution in [2.24, 2.45) is 0 Å². The second-order valence-corrected chi connectivity index (χ2v) is 4.70. The molecule has 0 fully saturated rings. The van der Waals surface area contributed by atoms with Gasteiger partial charge in [-0.25, -0.2) is 4.79 Å². The van der Waals surface area contributed by atoms with Crippen LogP contribution in [-0.2, 0) is 0 Å². The highest BCUT2D eigenvalue weighted by atomic mass is 16.5. The van der Waals surface area contributed by atoms with Crippen LogP contribution in [0.5, 0.6) is 5.75 Å². The molecule has 1 atom stereocenters. The van der Waals surface area contributed by atoms with E-state index in [1.165, 1.54) is 0 Å². The van der Waals surface area contributed by atoms with E-state index in [9.17, 15) is 9.90 Å². The molecule has 0 aliphatic heterocycles. The predicted molar refractivity (Wildman–Crippen MR) is 76.2 cm³/mol. The Kier molecular flexibility index (Phi) is 4.03. The third kappa shape index (κ3) is 2.96. The lowest BCUT2D eigenvalue weighted by Gasteiger charge is -2.18. The molecule has 1 heterocycles. The normalized spacial score (nSPS) is 11.9. The summed E-state index contributed by atoms with van der Waals surface area (Å²) in [6.45, 7) is 5.39. The van der Waals surface area contributed by atoms with Crippen molar-refractivity contribution in [1.29, 1.82) is 0 Å². The molecule has 0 aliphatic carbocycles. The zero-order chi connectivity index (χ0) is 14.7. The van der Waals surface area contributed by atoms with Crippen molar-refractivity contribution in [3.63, 3.8) is 0 Å². The Morgan fingerprint density at radius 2 is 1.90 bits per heavy atom. The number of ether oxygens (including phenoxy) is 1. The summed E-state index contributed by atoms with van der Waals surface area (Å²) in [5.41, 5.74) is 2.32. The number of hydrogen-bond donors (Lipinski definition) is 1. The van der Waals surface area contributed by atoms with E-state index >= 15 is 0 Å². The van der Waals surface area contributed by atoms with Crippen molar-refractivity contribution in [2.75, 3.05) is 0 Å². The maximum absolute atomic E-state index is 11.4. The number of carbonyl (C=O) groups is 1. The lowest BCUT2D eigenvalue weighted by Crippen LogP contribution is -2.10. The van der Waals surface area contributed by atoms with Crippen molar-refractivity contribution in [1.82, 2.24) is 4.98 Å². The highest BCUT2D eigenvalue weighted by molar-refractivity contribution is 5.92. The van der Waals surface area contributed by atoms with Gasteiger partial charge in [0.15, 0.2) is 0 Å². The average molecular weight is 271 g/mol. The van der Waals surface area contributed by atoms with Crippen molar-refractivity contribution in [2.45, 2.75) is 26.9 Å². The number of nitrogens with zero attached hydrogens (tertiary/aromatic N) is 1. The van der Waals surface area contributed by atoms with Crippen molar-refractivity contribution in [3.8, 4) is 5.75 Å². The second-order valence-electron chi connectivity index (χ2n) is 4.70. The van der Waals surface area contributed by atoms with E-state index in [1.54, 1.807) is 13.0 Å². The van der Waals surface area contributed by atoms with Gasteiger partial charge in [0.05, 0.1) is 5.69 Å². The fraction of sp³-hybridized carbons (Fsp3) is 0.250. The molecule has 0 bridgehead atoms. The fourth-order valence-corrected chi connectivity index (χ4v) is 2.13. The van der Waals surface area contributed by atoms with E-state index in [0.717, 1.165) is 11.3 Å². The minimum Gasteiger partial charge on any atom is -0.485 e. The molecule has 20 heavy (non-hydrogen) atoms. The Morgan fingerprint density at radius 3 is 2.50 bits per heavy atom. The Hall–Kier alpha value is -2.36. The van der Waals surface area contributed by atoms with E-state index in [-0.39, 0.29) is 11.7 Å². The standard InChI is InChI=1S/C16H17NO3/c1-10-9-14(15(16(18)19)11(2)17-10)20-12(3)13-7-5-4-6-8-13/h4-9,12H,1-3H3,(H,18,19). The van der Waals surface area contributed by atoms with Crippen LogP contribution in [0.2, 0.25) is 0 Å². The summed E-state index contributed by atoms with van der Waals surface area (Å²) in [4.78, 5) is 15.5. The number of aromatic nitrogens is 1. The van der Waals surface area contributed by atoms with Crippen molar-refractivity contribution in [3.05, 3.63) is 58.9 Å². The molecule has 1 aromatic heterocycles. The molecule has 0 radical (unpaired) electrons. The Labute approximate surface area is 118 Å². The van der Waals surface area contributed by atoms with E-state index in [4.69, 9.17) is 4.74 Å². The van der Waals surface area contributed by atoms with Gasteiger partial charge in [0.1, 0.15) is 17.4 Å². The maximum Gasteiger partial charge on any atom is 0.341 e. The topological polar surface area (TPSA) is 59.4 Å². The molecule has 1 aromatic carbocycles. The summed E-state index contributed by atoms with van der Waals surface area (Å²) in [5.74, 6) is -0.663. The first-order chi connectivity index (χ1) is 9.49. The summed E-state index contributed by atoms with van der Waals surface area (Å²) < 4.78 is 5.83. The zero-order valence-electron chi connectivity index (χ0n) is 11.8. The van der Waals surface area contributed by atoms with E-state index in [2.05, 4.69) is 4.98 Å². The van der Waals surface area contributed by atoms with Crippen molar-refractivity contribution < 1.29 is 14.6 Å². The molecule has 4 nitrogen and oxygen atoms in total. The number of pyridine rings is 1. The quantitative estimate of drug-likeness (QED) is 0.924. The largest absolute Gasteiger partial charge is 0.485 e. The van der Waals surface area contributed by atoms with Crippen LogP contribution in [0.1, 0.15) is 40.3 Å². The second kappa shape index (κ2) is 5.74. The van der Waals surface area contributed by atoms with Gasteiger partial charge in [0.2, 0.25) is 0 Å². The summed E-state index contributed by atoms with van der Waals surface area (Å²) >= 11 is 0. The van der Waals surface area contributed by atoms with Gasteiger partial charge in [-0.2, -0.15) is 0 Å². The van der Waals surface area contributed by atoms with Gasteiger partial charge in [-0.15, -0.1) is 0 Å². The monoisotopic (exact) mass is 271 g/mol. The average Bonchev–Trinajstić information content (AvgIpc) is 2.38. The highest BCUT2D eigenvalue weighted by Gasteiger charge is 2.19. The molecule has 0 spiro atoms. The number of rotatable bonds is 4. The lowest BCUT2D eigenvalue weighted by atomic mass is 10.1. The molecule has 0 saturated carbocycles. The van der Waals surface area contributed by atoms with E-state index in [1.807, 2.05) is 44.2 Å². The highest BCUT2D eigenvalue weighted by Crippen LogP contribution is 2.27. The Balaban J connectivity index is 2.36. The van der Waals surface area contributed by atoms with Gasteiger partial charge in [0.25, 0.3) is 0 Å². The molecular weight excluding hydrogens is 254 g/mol. The maximum atomic E-state index is 11.4. The molecule has 1 N–H and O–H groups in total. The molecule has 2 rings (SSSR count). The first-order valence-electron chi connectivity index (χ1n) is 6.42. The van der Waals surface area contributed by atoms with Gasteiger partial charge in [-0.3, -0.25) is 4.98 Å². The van der Waals surface area contributed by atoms with Gasteiger partial charge in [0, 0.05) is 11.8 Å². The first-order valence-corrected chi connectivity index (χ1v) is 6.42. The van der Waals surface area contributed by atoms with Gasteiger partial charge >= 0.3 is 5.97 Å². The molecule has 104 valence electrons. The number of hydrogen-bond acceptors (Lipinski definition) is 3. The van der Waals surface area contributed by atoms with E-state index in [0.29, 0.717) is 11.4 Å². The summed E-state index contributed by atoms with van der Waals surface area (Å²) in [6.07, 6.45) is -0.226. The predicted octanol–water partition coefficient (Wildman–Crippen LogP) is 3.54. The van der Waals surface area contributed by atoms with Crippen LogP contribution < -0.4 is 4.74 Å². The van der Waals surface area contributed by atoms with Crippen LogP contribution in [-0.4, -0.2) is 16.1 Å². The summed E-state index contributed by atoms with van der Waals surface area (Å²) in [6, 6.07) is 11.3. The molecule has 4 heteroatoms. The van der Waals surface area contributed by atoms with Crippen LogP contribution in [0.4, 0.5) is 0 Å². The van der Waals surface area contributed by atoms with Crippen LogP contribution in [0.15, 0.2) is 36.4 Å². The number of aryl methyl sites for hydroxylation is 2.